The van der Waals surface area contributed by atoms with Gasteiger partial charge in [0.25, 0.3) is 0 Å². The number of rotatable bonds is 2. The number of fused-ring (bicyclic) bond motifs is 1. The highest BCUT2D eigenvalue weighted by Gasteiger charge is 2.29. The predicted molar refractivity (Wildman–Crippen MR) is 99.6 cm³/mol. The Morgan fingerprint density at radius 2 is 2.00 bits per heavy atom. The summed E-state index contributed by atoms with van der Waals surface area (Å²) >= 11 is 12.8. The number of guanidine groups is 1. The molecule has 0 spiro atoms. The van der Waals surface area contributed by atoms with Crippen molar-refractivity contribution < 1.29 is 5.21 Å². The van der Waals surface area contributed by atoms with Crippen molar-refractivity contribution in [1.29, 1.82) is 0 Å². The maximum absolute atomic E-state index is 8.79. The van der Waals surface area contributed by atoms with Crippen LogP contribution in [0.1, 0.15) is 34.7 Å². The predicted octanol–water partition coefficient (Wildman–Crippen LogP) is 3.42. The molecule has 0 fully saturated rings. The minimum Gasteiger partial charge on any atom is -0.367 e. The molecule has 1 aliphatic carbocycles. The van der Waals surface area contributed by atoms with Gasteiger partial charge in [-0.05, 0) is 55.0 Å². The molecular formula is C17H17Cl2N5O. The Kier molecular flexibility index (Phi) is 5.22. The first kappa shape index (κ1) is 17.7. The zero-order valence-corrected chi connectivity index (χ0v) is 15.0. The van der Waals surface area contributed by atoms with Crippen molar-refractivity contribution in [1.82, 2.24) is 10.5 Å². The van der Waals surface area contributed by atoms with Gasteiger partial charge in [0.05, 0.1) is 11.4 Å². The molecule has 1 aliphatic rings. The van der Waals surface area contributed by atoms with Crippen LogP contribution in [0.2, 0.25) is 10.0 Å². The number of nitrogens with zero attached hydrogens (tertiary/aromatic N) is 3. The molecule has 0 bridgehead atoms. The lowest BCUT2D eigenvalue weighted by Crippen LogP contribution is -2.28. The number of nitrogens with two attached hydrogens (primary N) is 1. The molecule has 0 saturated carbocycles. The molecule has 1 atom stereocenters. The summed E-state index contributed by atoms with van der Waals surface area (Å²) in [7, 11) is 0. The molecule has 1 unspecified atom stereocenters. The maximum atomic E-state index is 8.79. The van der Waals surface area contributed by atoms with Gasteiger partial charge in [0.1, 0.15) is 0 Å². The van der Waals surface area contributed by atoms with Gasteiger partial charge in [0.15, 0.2) is 0 Å². The molecule has 1 heterocycles. The van der Waals surface area contributed by atoms with E-state index in [0.29, 0.717) is 22.9 Å². The molecule has 3 rings (SSSR count). The quantitative estimate of drug-likeness (QED) is 0.424. The van der Waals surface area contributed by atoms with Gasteiger partial charge < -0.3 is 5.73 Å². The van der Waals surface area contributed by atoms with Crippen LogP contribution in [0.4, 0.5) is 0 Å². The third-order valence-electron chi connectivity index (χ3n) is 4.21. The third kappa shape index (κ3) is 3.61. The second-order valence-electron chi connectivity index (χ2n) is 5.83. The van der Waals surface area contributed by atoms with Crippen LogP contribution in [0.3, 0.4) is 0 Å². The molecule has 6 nitrogen and oxygen atoms in total. The lowest BCUT2D eigenvalue weighted by atomic mass is 9.80. The average Bonchev–Trinajstić information content (AvgIpc) is 2.59. The third-order valence-corrected chi connectivity index (χ3v) is 4.87. The highest BCUT2D eigenvalue weighted by Crippen LogP contribution is 2.39. The molecule has 0 amide bonds. The second-order valence-corrected chi connectivity index (χ2v) is 6.65. The van der Waals surface area contributed by atoms with E-state index in [9.17, 15) is 0 Å². The summed E-state index contributed by atoms with van der Waals surface area (Å²) < 4.78 is 0. The summed E-state index contributed by atoms with van der Waals surface area (Å²) in [5.41, 5.74) is 11.8. The lowest BCUT2D eigenvalue weighted by Gasteiger charge is -2.27. The van der Waals surface area contributed by atoms with E-state index in [2.05, 4.69) is 15.2 Å². The standard InChI is InChI=1S/C17H17Cl2N5O/c1-9-5-6-21-13-7-10(16-11(18)3-2-4-12(16)19)8-14(15(9)13)22-23-17(20)24-25/h2-6,10,25H,7-8H2,1H3,(H3,20,23,24). The van der Waals surface area contributed by atoms with E-state index in [1.165, 1.54) is 0 Å². The smallest absolute Gasteiger partial charge is 0.237 e. The monoisotopic (exact) mass is 377 g/mol. The van der Waals surface area contributed by atoms with Crippen LogP contribution in [-0.4, -0.2) is 21.9 Å². The highest BCUT2D eigenvalue weighted by molar-refractivity contribution is 6.36. The fourth-order valence-electron chi connectivity index (χ4n) is 3.14. The van der Waals surface area contributed by atoms with Gasteiger partial charge in [0.2, 0.25) is 5.96 Å². The van der Waals surface area contributed by atoms with E-state index >= 15 is 0 Å². The largest absolute Gasteiger partial charge is 0.367 e. The van der Waals surface area contributed by atoms with Crippen molar-refractivity contribution in [2.75, 3.05) is 0 Å². The van der Waals surface area contributed by atoms with Crippen molar-refractivity contribution in [2.24, 2.45) is 15.9 Å². The molecule has 8 heteroatoms. The van der Waals surface area contributed by atoms with Gasteiger partial charge in [-0.3, -0.25) is 10.2 Å². The van der Waals surface area contributed by atoms with Gasteiger partial charge in [-0.1, -0.05) is 29.3 Å². The summed E-state index contributed by atoms with van der Waals surface area (Å²) in [6.07, 6.45) is 3.07. The minimum atomic E-state index is -0.187. The number of halogens is 2. The minimum absolute atomic E-state index is 0.0280. The van der Waals surface area contributed by atoms with E-state index in [4.69, 9.17) is 34.1 Å². The van der Waals surface area contributed by atoms with Crippen molar-refractivity contribution in [3.8, 4) is 0 Å². The topological polar surface area (TPSA) is 95.9 Å². The van der Waals surface area contributed by atoms with E-state index in [1.807, 2.05) is 31.2 Å². The normalized spacial score (nSPS) is 19.0. The van der Waals surface area contributed by atoms with Crippen LogP contribution in [0.15, 0.2) is 40.7 Å². The van der Waals surface area contributed by atoms with Crippen LogP contribution in [-0.2, 0) is 6.42 Å². The molecule has 0 aliphatic heterocycles. The molecule has 4 N–H and O–H groups in total. The molecule has 130 valence electrons. The van der Waals surface area contributed by atoms with Crippen LogP contribution >= 0.6 is 23.2 Å². The molecule has 1 aromatic heterocycles. The van der Waals surface area contributed by atoms with Crippen LogP contribution in [0.25, 0.3) is 0 Å². The van der Waals surface area contributed by atoms with E-state index in [-0.39, 0.29) is 11.9 Å². The van der Waals surface area contributed by atoms with E-state index < -0.39 is 0 Å². The summed E-state index contributed by atoms with van der Waals surface area (Å²) in [5, 5.41) is 18.1. The van der Waals surface area contributed by atoms with Crippen molar-refractivity contribution in [3.05, 3.63) is 62.9 Å². The zero-order valence-electron chi connectivity index (χ0n) is 13.5. The Bertz CT molecular complexity index is 846. The van der Waals surface area contributed by atoms with E-state index in [0.717, 1.165) is 28.1 Å². The number of hydrogen-bond acceptors (Lipinski definition) is 4. The van der Waals surface area contributed by atoms with Gasteiger partial charge in [-0.25, -0.2) is 5.48 Å². The average molecular weight is 378 g/mol. The molecule has 25 heavy (non-hydrogen) atoms. The van der Waals surface area contributed by atoms with Gasteiger partial charge in [0, 0.05) is 21.8 Å². The van der Waals surface area contributed by atoms with Crippen LogP contribution < -0.4 is 11.2 Å². The van der Waals surface area contributed by atoms with Gasteiger partial charge >= 0.3 is 0 Å². The lowest BCUT2D eigenvalue weighted by molar-refractivity contribution is 0.232. The van der Waals surface area contributed by atoms with Crippen LogP contribution in [0, 0.1) is 6.92 Å². The zero-order chi connectivity index (χ0) is 18.0. The molecule has 0 radical (unpaired) electrons. The number of pyridine rings is 1. The van der Waals surface area contributed by atoms with E-state index in [1.54, 1.807) is 11.7 Å². The van der Waals surface area contributed by atoms with Crippen molar-refractivity contribution >= 4 is 34.9 Å². The summed E-state index contributed by atoms with van der Waals surface area (Å²) in [5.74, 6) is -0.159. The first-order chi connectivity index (χ1) is 12.0. The maximum Gasteiger partial charge on any atom is 0.237 e. The molecule has 2 aromatic rings. The Morgan fingerprint density at radius 1 is 1.28 bits per heavy atom. The van der Waals surface area contributed by atoms with Crippen LogP contribution in [0.5, 0.6) is 0 Å². The number of hydrogen-bond donors (Lipinski definition) is 3. The molecule has 1 aromatic carbocycles. The fraction of sp³-hybridized carbons (Fsp3) is 0.235. The Balaban J connectivity index is 2.10. The summed E-state index contributed by atoms with van der Waals surface area (Å²) in [6.45, 7) is 2.00. The van der Waals surface area contributed by atoms with Crippen molar-refractivity contribution in [2.45, 2.75) is 25.7 Å². The Labute approximate surface area is 155 Å². The number of hydroxylamine groups is 1. The number of benzene rings is 1. The summed E-state index contributed by atoms with van der Waals surface area (Å²) in [6, 6.07) is 7.39. The molecule has 0 saturated heterocycles. The number of nitrogens with one attached hydrogen (secondary N) is 1. The first-order valence-corrected chi connectivity index (χ1v) is 8.45. The van der Waals surface area contributed by atoms with Gasteiger partial charge in [-0.15, -0.1) is 5.10 Å². The SMILES string of the molecule is Cc1ccnc2c1C(=N/N=C(/N)NO)CC(c1c(Cl)cccc1Cl)C2. The Morgan fingerprint density at radius 3 is 2.68 bits per heavy atom. The fourth-order valence-corrected chi connectivity index (χ4v) is 3.84. The van der Waals surface area contributed by atoms with Crippen molar-refractivity contribution in [3.63, 3.8) is 0 Å². The number of aryl methyl sites for hydroxylation is 1. The second kappa shape index (κ2) is 7.39. The summed E-state index contributed by atoms with van der Waals surface area (Å²) in [4.78, 5) is 4.50. The Hall–Kier alpha value is -2.15. The molecular weight excluding hydrogens is 361 g/mol. The number of aromatic nitrogens is 1. The van der Waals surface area contributed by atoms with Gasteiger partial charge in [-0.2, -0.15) is 5.10 Å². The first-order valence-electron chi connectivity index (χ1n) is 7.70. The highest BCUT2D eigenvalue weighted by atomic mass is 35.5.